The van der Waals surface area contributed by atoms with Crippen molar-refractivity contribution in [2.45, 2.75) is 27.3 Å². The first kappa shape index (κ1) is 13.1. The lowest BCUT2D eigenvalue weighted by Crippen LogP contribution is -2.20. The second-order valence-corrected chi connectivity index (χ2v) is 4.40. The van der Waals surface area contributed by atoms with Gasteiger partial charge < -0.3 is 15.0 Å². The highest BCUT2D eigenvalue weighted by molar-refractivity contribution is 5.54. The van der Waals surface area contributed by atoms with Gasteiger partial charge in [0.2, 0.25) is 0 Å². The Morgan fingerprint density at radius 2 is 2.05 bits per heavy atom. The first-order chi connectivity index (χ1) is 9.02. The van der Waals surface area contributed by atoms with Gasteiger partial charge in [-0.1, -0.05) is 6.07 Å². The van der Waals surface area contributed by atoms with Crippen LogP contribution in [-0.4, -0.2) is 9.55 Å². The van der Waals surface area contributed by atoms with Crippen LogP contribution < -0.4 is 16.0 Å². The van der Waals surface area contributed by atoms with Crippen molar-refractivity contribution in [2.75, 3.05) is 5.73 Å². The molecule has 0 saturated heterocycles. The molecule has 1 aromatic heterocycles. The van der Waals surface area contributed by atoms with Crippen LogP contribution in [0, 0.1) is 13.8 Å². The maximum atomic E-state index is 12.0. The number of hydrogen-bond acceptors (Lipinski definition) is 4. The van der Waals surface area contributed by atoms with Crippen LogP contribution in [0.4, 0.5) is 5.69 Å². The van der Waals surface area contributed by atoms with Crippen LogP contribution in [0.1, 0.15) is 18.1 Å². The van der Waals surface area contributed by atoms with Crippen molar-refractivity contribution in [3.8, 4) is 11.6 Å². The summed E-state index contributed by atoms with van der Waals surface area (Å²) >= 11 is 0. The molecule has 1 aromatic carbocycles. The molecule has 19 heavy (non-hydrogen) atoms. The molecular weight excluding hydrogens is 242 g/mol. The molecule has 5 nitrogen and oxygen atoms in total. The summed E-state index contributed by atoms with van der Waals surface area (Å²) in [4.78, 5) is 16.0. The van der Waals surface area contributed by atoms with Crippen LogP contribution in [0.2, 0.25) is 0 Å². The van der Waals surface area contributed by atoms with Gasteiger partial charge in [-0.05, 0) is 31.9 Å². The number of aromatic nitrogens is 2. The second kappa shape index (κ2) is 5.14. The van der Waals surface area contributed by atoms with Crippen LogP contribution in [-0.2, 0) is 6.54 Å². The topological polar surface area (TPSA) is 70.1 Å². The highest BCUT2D eigenvalue weighted by atomic mass is 16.5. The number of aryl methyl sites for hydroxylation is 3. The summed E-state index contributed by atoms with van der Waals surface area (Å²) in [6.45, 7) is 6.30. The smallest absolute Gasteiger partial charge is 0.313 e. The van der Waals surface area contributed by atoms with Gasteiger partial charge in [0.15, 0.2) is 0 Å². The third-order valence-electron chi connectivity index (χ3n) is 2.99. The minimum Gasteiger partial charge on any atom is -0.434 e. The summed E-state index contributed by atoms with van der Waals surface area (Å²) in [6.07, 6.45) is 3.18. The molecule has 0 aliphatic rings. The first-order valence-corrected chi connectivity index (χ1v) is 6.13. The van der Waals surface area contributed by atoms with Gasteiger partial charge in [-0.2, -0.15) is 0 Å². The molecule has 2 N–H and O–H groups in total. The van der Waals surface area contributed by atoms with E-state index in [4.69, 9.17) is 10.5 Å². The standard InChI is InChI=1S/C14H17N3O2/c1-4-17-6-5-16-13(14(17)18)19-12-8-11(15)9(2)7-10(12)3/h5-8H,4,15H2,1-3H3. The number of rotatable bonds is 3. The lowest BCUT2D eigenvalue weighted by atomic mass is 10.1. The summed E-state index contributed by atoms with van der Waals surface area (Å²) < 4.78 is 7.13. The van der Waals surface area contributed by atoms with Gasteiger partial charge in [0.05, 0.1) is 0 Å². The van der Waals surface area contributed by atoms with Crippen molar-refractivity contribution in [1.82, 2.24) is 9.55 Å². The molecule has 1 heterocycles. The maximum absolute atomic E-state index is 12.0. The molecule has 0 bridgehead atoms. The third kappa shape index (κ3) is 2.59. The van der Waals surface area contributed by atoms with Gasteiger partial charge in [0.1, 0.15) is 5.75 Å². The molecule has 0 radical (unpaired) electrons. The Hall–Kier alpha value is -2.30. The van der Waals surface area contributed by atoms with E-state index in [-0.39, 0.29) is 11.4 Å². The van der Waals surface area contributed by atoms with Crippen LogP contribution in [0.25, 0.3) is 0 Å². The predicted octanol–water partition coefficient (Wildman–Crippen LogP) is 2.25. The van der Waals surface area contributed by atoms with Crippen LogP contribution in [0.5, 0.6) is 11.6 Å². The summed E-state index contributed by atoms with van der Waals surface area (Å²) in [5, 5.41) is 0. The van der Waals surface area contributed by atoms with E-state index >= 15 is 0 Å². The largest absolute Gasteiger partial charge is 0.434 e. The number of nitrogen functional groups attached to an aromatic ring is 1. The van der Waals surface area contributed by atoms with Crippen molar-refractivity contribution < 1.29 is 4.74 Å². The SMILES string of the molecule is CCn1ccnc(Oc2cc(N)c(C)cc2C)c1=O. The van der Waals surface area contributed by atoms with Crippen molar-refractivity contribution in [3.05, 3.63) is 46.0 Å². The van der Waals surface area contributed by atoms with E-state index < -0.39 is 0 Å². The van der Waals surface area contributed by atoms with Gasteiger partial charge in [-0.3, -0.25) is 4.79 Å². The molecule has 0 fully saturated rings. The van der Waals surface area contributed by atoms with E-state index in [0.29, 0.717) is 18.0 Å². The van der Waals surface area contributed by atoms with Crippen molar-refractivity contribution in [2.24, 2.45) is 0 Å². The molecule has 0 atom stereocenters. The van der Waals surface area contributed by atoms with E-state index in [9.17, 15) is 4.79 Å². The minimum atomic E-state index is -0.247. The van der Waals surface area contributed by atoms with Gasteiger partial charge in [0, 0.05) is 30.7 Å². The van der Waals surface area contributed by atoms with Gasteiger partial charge in [-0.15, -0.1) is 0 Å². The quantitative estimate of drug-likeness (QED) is 0.858. The summed E-state index contributed by atoms with van der Waals surface area (Å²) in [5.74, 6) is 0.622. The number of anilines is 1. The van der Waals surface area contributed by atoms with E-state index in [1.165, 1.54) is 4.57 Å². The molecule has 100 valence electrons. The fourth-order valence-electron chi connectivity index (χ4n) is 1.81. The van der Waals surface area contributed by atoms with Gasteiger partial charge in [0.25, 0.3) is 5.88 Å². The molecule has 0 amide bonds. The van der Waals surface area contributed by atoms with Crippen molar-refractivity contribution >= 4 is 5.69 Å². The van der Waals surface area contributed by atoms with Crippen LogP contribution in [0.15, 0.2) is 29.3 Å². The van der Waals surface area contributed by atoms with Crippen molar-refractivity contribution in [1.29, 1.82) is 0 Å². The highest BCUT2D eigenvalue weighted by Gasteiger charge is 2.10. The molecule has 0 saturated carbocycles. The minimum absolute atomic E-state index is 0.0655. The molecule has 0 unspecified atom stereocenters. The van der Waals surface area contributed by atoms with E-state index in [1.807, 2.05) is 26.8 Å². The number of benzene rings is 1. The lowest BCUT2D eigenvalue weighted by Gasteiger charge is -2.11. The van der Waals surface area contributed by atoms with Crippen LogP contribution in [0.3, 0.4) is 0 Å². The summed E-state index contributed by atoms with van der Waals surface area (Å²) in [7, 11) is 0. The molecule has 0 spiro atoms. The molecule has 0 aliphatic heterocycles. The molecular formula is C14H17N3O2. The second-order valence-electron chi connectivity index (χ2n) is 4.40. The molecule has 0 aliphatic carbocycles. The molecule has 5 heteroatoms. The molecule has 2 rings (SSSR count). The monoisotopic (exact) mass is 259 g/mol. The lowest BCUT2D eigenvalue weighted by molar-refractivity contribution is 0.442. The normalized spacial score (nSPS) is 10.5. The zero-order chi connectivity index (χ0) is 14.0. The molecule has 2 aromatic rings. The maximum Gasteiger partial charge on any atom is 0.313 e. The number of nitrogens with two attached hydrogens (primary N) is 1. The van der Waals surface area contributed by atoms with Gasteiger partial charge >= 0.3 is 5.56 Å². The highest BCUT2D eigenvalue weighted by Crippen LogP contribution is 2.26. The third-order valence-corrected chi connectivity index (χ3v) is 2.99. The van der Waals surface area contributed by atoms with E-state index in [0.717, 1.165) is 11.1 Å². The zero-order valence-corrected chi connectivity index (χ0v) is 11.3. The fourth-order valence-corrected chi connectivity index (χ4v) is 1.81. The number of hydrogen-bond donors (Lipinski definition) is 1. The Bertz CT molecular complexity index is 662. The number of nitrogens with zero attached hydrogens (tertiary/aromatic N) is 2. The van der Waals surface area contributed by atoms with E-state index in [2.05, 4.69) is 4.98 Å². The van der Waals surface area contributed by atoms with Gasteiger partial charge in [-0.25, -0.2) is 4.98 Å². The Labute approximate surface area is 111 Å². The number of ether oxygens (including phenoxy) is 1. The Morgan fingerprint density at radius 3 is 2.74 bits per heavy atom. The average molecular weight is 259 g/mol. The van der Waals surface area contributed by atoms with Crippen LogP contribution >= 0.6 is 0 Å². The fraction of sp³-hybridized carbons (Fsp3) is 0.286. The zero-order valence-electron chi connectivity index (χ0n) is 11.3. The predicted molar refractivity (Wildman–Crippen MR) is 74.6 cm³/mol. The summed E-state index contributed by atoms with van der Waals surface area (Å²) in [5.41, 5.74) is 8.14. The average Bonchev–Trinajstić information content (AvgIpc) is 2.38. The Balaban J connectivity index is 2.42. The Morgan fingerprint density at radius 1 is 1.32 bits per heavy atom. The summed E-state index contributed by atoms with van der Waals surface area (Å²) in [6, 6.07) is 3.64. The first-order valence-electron chi connectivity index (χ1n) is 6.13. The Kier molecular flexibility index (Phi) is 3.55. The van der Waals surface area contributed by atoms with Crippen molar-refractivity contribution in [3.63, 3.8) is 0 Å². The van der Waals surface area contributed by atoms with E-state index in [1.54, 1.807) is 18.5 Å².